The van der Waals surface area contributed by atoms with E-state index in [0.717, 1.165) is 62.1 Å². The van der Waals surface area contributed by atoms with Gasteiger partial charge in [0.15, 0.2) is 5.82 Å². The Kier molecular flexibility index (Phi) is 4.84. The van der Waals surface area contributed by atoms with Crippen LogP contribution in [0.15, 0.2) is 34.9 Å². The summed E-state index contributed by atoms with van der Waals surface area (Å²) in [5.41, 5.74) is 3.36. The van der Waals surface area contributed by atoms with Gasteiger partial charge >= 0.3 is 0 Å². The maximum absolute atomic E-state index is 5.52. The van der Waals surface area contributed by atoms with Crippen molar-refractivity contribution in [1.82, 2.24) is 19.9 Å². The summed E-state index contributed by atoms with van der Waals surface area (Å²) >= 11 is 0. The summed E-state index contributed by atoms with van der Waals surface area (Å²) < 4.78 is 12.8. The third kappa shape index (κ3) is 3.55. The van der Waals surface area contributed by atoms with Crippen LogP contribution in [0.5, 0.6) is 0 Å². The summed E-state index contributed by atoms with van der Waals surface area (Å²) in [7, 11) is 0. The zero-order chi connectivity index (χ0) is 17.9. The van der Waals surface area contributed by atoms with Crippen LogP contribution in [0.1, 0.15) is 46.6 Å². The molecule has 1 aliphatic rings. The maximum Gasteiger partial charge on any atom is 0.156 e. The lowest BCUT2D eigenvalue weighted by molar-refractivity contribution is 0.193. The van der Waals surface area contributed by atoms with Crippen molar-refractivity contribution < 1.29 is 9.26 Å². The molecule has 0 aliphatic carbocycles. The fourth-order valence-electron chi connectivity index (χ4n) is 3.47. The van der Waals surface area contributed by atoms with Crippen LogP contribution in [-0.4, -0.2) is 33.1 Å². The zero-order valence-electron chi connectivity index (χ0n) is 15.3. The van der Waals surface area contributed by atoms with E-state index < -0.39 is 0 Å². The minimum absolute atomic E-state index is 0.310. The highest BCUT2D eigenvalue weighted by molar-refractivity contribution is 5.22. The number of aromatic nitrogens is 4. The first-order valence-corrected chi connectivity index (χ1v) is 9.17. The average molecular weight is 352 g/mol. The SMILES string of the molecule is Cc1noc(C)c1CCc1nc([C@H]2CCOC2)nn1Cc1ccccc1. The molecule has 6 nitrogen and oxygen atoms in total. The third-order valence-electron chi connectivity index (χ3n) is 5.01. The van der Waals surface area contributed by atoms with Gasteiger partial charge in [0.05, 0.1) is 18.8 Å². The molecule has 4 rings (SSSR count). The molecule has 1 saturated heterocycles. The van der Waals surface area contributed by atoms with Crippen LogP contribution in [0, 0.1) is 13.8 Å². The van der Waals surface area contributed by atoms with Crippen LogP contribution >= 0.6 is 0 Å². The summed E-state index contributed by atoms with van der Waals surface area (Å²) in [6, 6.07) is 10.4. The first kappa shape index (κ1) is 17.0. The summed E-state index contributed by atoms with van der Waals surface area (Å²) in [6.45, 7) is 6.20. The fraction of sp³-hybridized carbons (Fsp3) is 0.450. The van der Waals surface area contributed by atoms with Crippen molar-refractivity contribution in [2.75, 3.05) is 13.2 Å². The number of rotatable bonds is 6. The molecule has 0 saturated carbocycles. The first-order chi connectivity index (χ1) is 12.7. The summed E-state index contributed by atoms with van der Waals surface area (Å²) in [4.78, 5) is 4.87. The molecule has 0 radical (unpaired) electrons. The lowest BCUT2D eigenvalue weighted by Gasteiger charge is -2.06. The molecule has 0 unspecified atom stereocenters. The number of nitrogens with zero attached hydrogens (tertiary/aromatic N) is 4. The standard InChI is InChI=1S/C20H24N4O2/c1-14-18(15(2)26-23-14)8-9-19-21-20(17-10-11-25-13-17)22-24(19)12-16-6-4-3-5-7-16/h3-7,17H,8-13H2,1-2H3/t17-/m0/s1. The van der Waals surface area contributed by atoms with Gasteiger partial charge in [-0.1, -0.05) is 35.5 Å². The third-order valence-corrected chi connectivity index (χ3v) is 5.01. The fourth-order valence-corrected chi connectivity index (χ4v) is 3.47. The summed E-state index contributed by atoms with van der Waals surface area (Å²) in [5.74, 6) is 3.12. The Morgan fingerprint density at radius 3 is 2.69 bits per heavy atom. The van der Waals surface area contributed by atoms with Crippen LogP contribution in [0.4, 0.5) is 0 Å². The monoisotopic (exact) mass is 352 g/mol. The van der Waals surface area contributed by atoms with E-state index in [9.17, 15) is 0 Å². The molecule has 1 fully saturated rings. The van der Waals surface area contributed by atoms with Crippen LogP contribution in [0.3, 0.4) is 0 Å². The molecule has 1 aliphatic heterocycles. The quantitative estimate of drug-likeness (QED) is 0.681. The van der Waals surface area contributed by atoms with Gasteiger partial charge in [-0.2, -0.15) is 5.10 Å². The Balaban J connectivity index is 1.58. The molecule has 6 heteroatoms. The van der Waals surface area contributed by atoms with E-state index >= 15 is 0 Å². The van der Waals surface area contributed by atoms with E-state index in [0.29, 0.717) is 5.92 Å². The Hall–Kier alpha value is -2.47. The molecule has 1 atom stereocenters. The predicted octanol–water partition coefficient (Wildman–Crippen LogP) is 3.22. The molecule has 26 heavy (non-hydrogen) atoms. The van der Waals surface area contributed by atoms with Crippen molar-refractivity contribution in [1.29, 1.82) is 0 Å². The van der Waals surface area contributed by atoms with Crippen LogP contribution < -0.4 is 0 Å². The second kappa shape index (κ2) is 7.41. The van der Waals surface area contributed by atoms with Gasteiger partial charge in [0, 0.05) is 24.5 Å². The normalized spacial score (nSPS) is 17.1. The summed E-state index contributed by atoms with van der Waals surface area (Å²) in [6.07, 6.45) is 2.67. The van der Waals surface area contributed by atoms with Crippen molar-refractivity contribution in [3.05, 3.63) is 64.6 Å². The number of ether oxygens (including phenoxy) is 1. The van der Waals surface area contributed by atoms with Crippen molar-refractivity contribution >= 4 is 0 Å². The van der Waals surface area contributed by atoms with Gasteiger partial charge in [0.2, 0.25) is 0 Å². The van der Waals surface area contributed by atoms with Crippen LogP contribution in [0.25, 0.3) is 0 Å². The zero-order valence-corrected chi connectivity index (χ0v) is 15.3. The molecule has 0 spiro atoms. The van der Waals surface area contributed by atoms with Gasteiger partial charge in [0.25, 0.3) is 0 Å². The van der Waals surface area contributed by atoms with Crippen molar-refractivity contribution in [2.24, 2.45) is 0 Å². The molecule has 3 aromatic rings. The van der Waals surface area contributed by atoms with Gasteiger partial charge in [-0.25, -0.2) is 9.67 Å². The molecule has 1 aromatic carbocycles. The number of hydrogen-bond acceptors (Lipinski definition) is 5. The molecule has 0 amide bonds. The van der Waals surface area contributed by atoms with E-state index in [1.54, 1.807) is 0 Å². The second-order valence-electron chi connectivity index (χ2n) is 6.89. The highest BCUT2D eigenvalue weighted by atomic mass is 16.5. The summed E-state index contributed by atoms with van der Waals surface area (Å²) in [5, 5.41) is 8.87. The molecule has 0 bridgehead atoms. The maximum atomic E-state index is 5.52. The number of benzene rings is 1. The Morgan fingerprint density at radius 2 is 2.00 bits per heavy atom. The lowest BCUT2D eigenvalue weighted by Crippen LogP contribution is -2.09. The second-order valence-corrected chi connectivity index (χ2v) is 6.89. The number of hydrogen-bond donors (Lipinski definition) is 0. The Morgan fingerprint density at radius 1 is 1.15 bits per heavy atom. The average Bonchev–Trinajstić information content (AvgIpc) is 3.37. The number of aryl methyl sites for hydroxylation is 3. The van der Waals surface area contributed by atoms with E-state index in [2.05, 4.69) is 29.4 Å². The topological polar surface area (TPSA) is 66.0 Å². The molecular formula is C20H24N4O2. The highest BCUT2D eigenvalue weighted by Gasteiger charge is 2.24. The molecule has 0 N–H and O–H groups in total. The Labute approximate surface area is 153 Å². The minimum atomic E-state index is 0.310. The lowest BCUT2D eigenvalue weighted by atomic mass is 10.1. The smallest absolute Gasteiger partial charge is 0.156 e. The van der Waals surface area contributed by atoms with E-state index in [1.165, 1.54) is 11.1 Å². The van der Waals surface area contributed by atoms with E-state index in [4.69, 9.17) is 19.3 Å². The first-order valence-electron chi connectivity index (χ1n) is 9.17. The minimum Gasteiger partial charge on any atom is -0.381 e. The van der Waals surface area contributed by atoms with Gasteiger partial charge in [0.1, 0.15) is 11.6 Å². The molecule has 136 valence electrons. The van der Waals surface area contributed by atoms with Crippen molar-refractivity contribution in [2.45, 2.75) is 45.6 Å². The van der Waals surface area contributed by atoms with Crippen LogP contribution in [-0.2, 0) is 24.1 Å². The predicted molar refractivity (Wildman–Crippen MR) is 97.1 cm³/mol. The van der Waals surface area contributed by atoms with E-state index in [1.807, 2.05) is 24.6 Å². The van der Waals surface area contributed by atoms with Crippen LogP contribution in [0.2, 0.25) is 0 Å². The van der Waals surface area contributed by atoms with Gasteiger partial charge in [-0.15, -0.1) is 0 Å². The molecule has 2 aromatic heterocycles. The van der Waals surface area contributed by atoms with Gasteiger partial charge in [-0.3, -0.25) is 0 Å². The Bertz CT molecular complexity index is 844. The van der Waals surface area contributed by atoms with Gasteiger partial charge < -0.3 is 9.26 Å². The highest BCUT2D eigenvalue weighted by Crippen LogP contribution is 2.23. The van der Waals surface area contributed by atoms with Crippen molar-refractivity contribution in [3.63, 3.8) is 0 Å². The van der Waals surface area contributed by atoms with Crippen molar-refractivity contribution in [3.8, 4) is 0 Å². The van der Waals surface area contributed by atoms with Gasteiger partial charge in [-0.05, 0) is 32.3 Å². The molecular weight excluding hydrogens is 328 g/mol. The largest absolute Gasteiger partial charge is 0.381 e. The molecule has 3 heterocycles. The van der Waals surface area contributed by atoms with E-state index in [-0.39, 0.29) is 0 Å².